The van der Waals surface area contributed by atoms with Gasteiger partial charge in [0.25, 0.3) is 0 Å². The van der Waals surface area contributed by atoms with Crippen LogP contribution in [0.3, 0.4) is 0 Å². The molecule has 4 nitrogen and oxygen atoms in total. The topological polar surface area (TPSA) is 44.8 Å². The molecular weight excluding hydrogens is 408 g/mol. The zero-order valence-electron chi connectivity index (χ0n) is 14.9. The first kappa shape index (κ1) is 19.0. The Morgan fingerprint density at radius 2 is 1.52 bits per heavy atom. The Bertz CT molecular complexity index is 909. The van der Waals surface area contributed by atoms with Crippen molar-refractivity contribution in [2.45, 2.75) is 6.92 Å². The number of hydrogen-bond donors (Lipinski definition) is 0. The van der Waals surface area contributed by atoms with Crippen LogP contribution < -0.4 is 14.2 Å². The number of esters is 1. The summed E-state index contributed by atoms with van der Waals surface area (Å²) >= 11 is 3.50. The third-order valence-corrected chi connectivity index (χ3v) is 4.38. The number of ether oxygens (including phenoxy) is 3. The van der Waals surface area contributed by atoms with Crippen LogP contribution in [0.5, 0.6) is 17.2 Å². The first-order valence-electron chi connectivity index (χ1n) is 8.57. The van der Waals surface area contributed by atoms with Gasteiger partial charge in [-0.25, -0.2) is 4.79 Å². The van der Waals surface area contributed by atoms with Gasteiger partial charge in [-0.3, -0.25) is 0 Å². The molecule has 0 unspecified atom stereocenters. The largest absolute Gasteiger partial charge is 0.490 e. The quantitative estimate of drug-likeness (QED) is 0.369. The fourth-order valence-electron chi connectivity index (χ4n) is 2.53. The number of para-hydroxylation sites is 2. The fraction of sp³-hybridized carbons (Fsp3) is 0.136. The summed E-state index contributed by atoms with van der Waals surface area (Å²) in [6, 6.07) is 22.8. The minimum Gasteiger partial charge on any atom is -0.490 e. The van der Waals surface area contributed by atoms with E-state index >= 15 is 0 Å². The Balaban J connectivity index is 1.62. The minimum absolute atomic E-state index is 0.205. The van der Waals surface area contributed by atoms with Crippen LogP contribution in [0, 0.1) is 0 Å². The molecule has 3 aromatic rings. The summed E-state index contributed by atoms with van der Waals surface area (Å²) in [5.74, 6) is 0.985. The second-order valence-corrected chi connectivity index (χ2v) is 6.51. The fourth-order valence-corrected chi connectivity index (χ4v) is 3.02. The highest BCUT2D eigenvalue weighted by Crippen LogP contribution is 2.31. The predicted octanol–water partition coefficient (Wildman–Crippen LogP) is 5.50. The maximum atomic E-state index is 12.1. The summed E-state index contributed by atoms with van der Waals surface area (Å²) in [5.41, 5.74) is 2.17. The Morgan fingerprint density at radius 3 is 2.22 bits per heavy atom. The molecule has 0 aliphatic heterocycles. The van der Waals surface area contributed by atoms with Crippen molar-refractivity contribution in [2.24, 2.45) is 0 Å². The average molecular weight is 427 g/mol. The van der Waals surface area contributed by atoms with Gasteiger partial charge in [0, 0.05) is 0 Å². The first-order chi connectivity index (χ1) is 13.2. The van der Waals surface area contributed by atoms with Gasteiger partial charge in [0.2, 0.25) is 0 Å². The molecule has 0 N–H and O–H groups in total. The third kappa shape index (κ3) is 5.11. The van der Waals surface area contributed by atoms with Gasteiger partial charge >= 0.3 is 5.97 Å². The molecule has 0 atom stereocenters. The van der Waals surface area contributed by atoms with E-state index in [9.17, 15) is 4.79 Å². The van der Waals surface area contributed by atoms with Gasteiger partial charge < -0.3 is 14.2 Å². The van der Waals surface area contributed by atoms with E-state index in [-0.39, 0.29) is 6.61 Å². The second kappa shape index (κ2) is 9.24. The lowest BCUT2D eigenvalue weighted by Crippen LogP contribution is -2.18. The van der Waals surface area contributed by atoms with Crippen molar-refractivity contribution in [3.8, 4) is 28.4 Å². The lowest BCUT2D eigenvalue weighted by Gasteiger charge is -2.12. The third-order valence-electron chi connectivity index (χ3n) is 3.76. The summed E-state index contributed by atoms with van der Waals surface area (Å²) in [6.07, 6.45) is 0. The minimum atomic E-state index is -0.499. The highest BCUT2D eigenvalue weighted by atomic mass is 79.9. The maximum Gasteiger partial charge on any atom is 0.349 e. The van der Waals surface area contributed by atoms with Gasteiger partial charge in [0.1, 0.15) is 5.75 Å². The lowest BCUT2D eigenvalue weighted by atomic mass is 10.1. The van der Waals surface area contributed by atoms with E-state index in [1.54, 1.807) is 18.2 Å². The van der Waals surface area contributed by atoms with Gasteiger partial charge in [-0.15, -0.1) is 0 Å². The maximum absolute atomic E-state index is 12.1. The lowest BCUT2D eigenvalue weighted by molar-refractivity contribution is -0.136. The molecular formula is C22H19BrO4. The SMILES string of the molecule is CCOc1ccccc1OC(=O)COc1ccc(-c2ccccc2)cc1Br. The van der Waals surface area contributed by atoms with E-state index < -0.39 is 5.97 Å². The van der Waals surface area contributed by atoms with Crippen molar-refractivity contribution in [2.75, 3.05) is 13.2 Å². The number of rotatable bonds is 7. The number of carbonyl (C=O) groups excluding carboxylic acids is 1. The van der Waals surface area contributed by atoms with E-state index in [4.69, 9.17) is 14.2 Å². The zero-order chi connectivity index (χ0) is 19.1. The molecule has 3 rings (SSSR count). The van der Waals surface area contributed by atoms with Crippen LogP contribution in [0.4, 0.5) is 0 Å². The molecule has 0 bridgehead atoms. The van der Waals surface area contributed by atoms with Crippen LogP contribution in [0.2, 0.25) is 0 Å². The van der Waals surface area contributed by atoms with E-state index in [1.165, 1.54) is 0 Å². The molecule has 138 valence electrons. The molecule has 5 heteroatoms. The Morgan fingerprint density at radius 1 is 0.815 bits per heavy atom. The summed E-state index contributed by atoms with van der Waals surface area (Å²) in [4.78, 5) is 12.1. The molecule has 0 aliphatic carbocycles. The zero-order valence-corrected chi connectivity index (χ0v) is 16.4. The Labute approximate surface area is 166 Å². The smallest absolute Gasteiger partial charge is 0.349 e. The van der Waals surface area contributed by atoms with Crippen LogP contribution in [0.25, 0.3) is 11.1 Å². The molecule has 27 heavy (non-hydrogen) atoms. The number of halogens is 1. The molecule has 0 saturated carbocycles. The van der Waals surface area contributed by atoms with Gasteiger partial charge in [-0.1, -0.05) is 48.5 Å². The standard InChI is InChI=1S/C22H19BrO4/c1-2-25-20-10-6-7-11-21(20)27-22(24)15-26-19-13-12-17(14-18(19)23)16-8-4-3-5-9-16/h3-14H,2,15H2,1H3. The molecule has 0 spiro atoms. The van der Waals surface area contributed by atoms with Crippen molar-refractivity contribution in [3.63, 3.8) is 0 Å². The Kier molecular flexibility index (Phi) is 6.49. The first-order valence-corrected chi connectivity index (χ1v) is 9.37. The van der Waals surface area contributed by atoms with Crippen LogP contribution >= 0.6 is 15.9 Å². The van der Waals surface area contributed by atoms with E-state index in [1.807, 2.05) is 61.5 Å². The molecule has 0 aliphatic rings. The normalized spacial score (nSPS) is 10.3. The second-order valence-electron chi connectivity index (χ2n) is 5.65. The monoisotopic (exact) mass is 426 g/mol. The average Bonchev–Trinajstić information content (AvgIpc) is 2.69. The molecule has 3 aromatic carbocycles. The van der Waals surface area contributed by atoms with E-state index in [0.717, 1.165) is 15.6 Å². The predicted molar refractivity (Wildman–Crippen MR) is 108 cm³/mol. The summed E-state index contributed by atoms with van der Waals surface area (Å²) in [7, 11) is 0. The molecule has 0 heterocycles. The van der Waals surface area contributed by atoms with Gasteiger partial charge in [0.15, 0.2) is 18.1 Å². The van der Waals surface area contributed by atoms with Crippen molar-refractivity contribution >= 4 is 21.9 Å². The van der Waals surface area contributed by atoms with Gasteiger partial charge in [-0.2, -0.15) is 0 Å². The van der Waals surface area contributed by atoms with E-state index in [0.29, 0.717) is 23.9 Å². The van der Waals surface area contributed by atoms with Crippen molar-refractivity contribution < 1.29 is 19.0 Å². The van der Waals surface area contributed by atoms with Crippen LogP contribution in [0.15, 0.2) is 77.3 Å². The van der Waals surface area contributed by atoms with Gasteiger partial charge in [0.05, 0.1) is 11.1 Å². The van der Waals surface area contributed by atoms with Crippen LogP contribution in [-0.2, 0) is 4.79 Å². The van der Waals surface area contributed by atoms with Crippen molar-refractivity contribution in [1.29, 1.82) is 0 Å². The van der Waals surface area contributed by atoms with Crippen LogP contribution in [-0.4, -0.2) is 19.2 Å². The highest BCUT2D eigenvalue weighted by molar-refractivity contribution is 9.10. The number of carbonyl (C=O) groups is 1. The molecule has 0 radical (unpaired) electrons. The Hall–Kier alpha value is -2.79. The highest BCUT2D eigenvalue weighted by Gasteiger charge is 2.12. The number of benzene rings is 3. The molecule has 0 aromatic heterocycles. The summed E-state index contributed by atoms with van der Waals surface area (Å²) < 4.78 is 17.2. The van der Waals surface area contributed by atoms with Crippen molar-refractivity contribution in [3.05, 3.63) is 77.3 Å². The van der Waals surface area contributed by atoms with E-state index in [2.05, 4.69) is 15.9 Å². The molecule has 0 saturated heterocycles. The van der Waals surface area contributed by atoms with Crippen molar-refractivity contribution in [1.82, 2.24) is 0 Å². The molecule has 0 amide bonds. The van der Waals surface area contributed by atoms with Crippen LogP contribution in [0.1, 0.15) is 6.92 Å². The number of hydrogen-bond acceptors (Lipinski definition) is 4. The summed E-state index contributed by atoms with van der Waals surface area (Å²) in [6.45, 7) is 2.16. The summed E-state index contributed by atoms with van der Waals surface area (Å²) in [5, 5.41) is 0. The van der Waals surface area contributed by atoms with Gasteiger partial charge in [-0.05, 0) is 58.2 Å². The molecule has 0 fully saturated rings.